The molecular weight excluding hydrogens is 425 g/mol. The fraction of sp³-hybridized carbons (Fsp3) is 0.444. The quantitative estimate of drug-likeness (QED) is 0.700. The first-order chi connectivity index (χ1) is 13.1. The topological polar surface area (TPSA) is 101 Å². The number of hydrogen-bond acceptors (Lipinski definition) is 4. The lowest BCUT2D eigenvalue weighted by Crippen LogP contribution is -2.55. The highest BCUT2D eigenvalue weighted by molar-refractivity contribution is 7.89. The van der Waals surface area contributed by atoms with E-state index in [1.54, 1.807) is 6.08 Å². The van der Waals surface area contributed by atoms with E-state index in [1.807, 2.05) is 0 Å². The molecule has 0 aliphatic carbocycles. The Morgan fingerprint density at radius 2 is 1.89 bits per heavy atom. The number of halogens is 2. The van der Waals surface area contributed by atoms with Crippen molar-refractivity contribution in [1.82, 2.24) is 9.21 Å². The number of nitrogens with zero attached hydrogens (tertiary/aromatic N) is 2. The van der Waals surface area contributed by atoms with Gasteiger partial charge < -0.3 is 10.6 Å². The van der Waals surface area contributed by atoms with Gasteiger partial charge in [-0.15, -0.1) is 6.58 Å². The molecule has 152 valence electrons. The summed E-state index contributed by atoms with van der Waals surface area (Å²) < 4.78 is 28.3. The van der Waals surface area contributed by atoms with Crippen LogP contribution in [0.2, 0.25) is 10.0 Å². The maximum absolute atomic E-state index is 13.5. The van der Waals surface area contributed by atoms with Crippen molar-refractivity contribution in [1.29, 1.82) is 0 Å². The number of fused-ring (bicyclic) bond motifs is 2. The molecule has 3 atom stereocenters. The average Bonchev–Trinajstić information content (AvgIpc) is 2.68. The van der Waals surface area contributed by atoms with Crippen LogP contribution in [0.5, 0.6) is 0 Å². The van der Waals surface area contributed by atoms with Gasteiger partial charge in [-0.3, -0.25) is 9.59 Å². The largest absolute Gasteiger partial charge is 0.368 e. The van der Waals surface area contributed by atoms with Crippen molar-refractivity contribution >= 4 is 45.0 Å². The van der Waals surface area contributed by atoms with Gasteiger partial charge >= 0.3 is 0 Å². The Balaban J connectivity index is 2.11. The second-order valence-electron chi connectivity index (χ2n) is 7.04. The van der Waals surface area contributed by atoms with Crippen LogP contribution < -0.4 is 5.73 Å². The number of nitrogens with two attached hydrogens (primary N) is 1. The molecule has 2 saturated heterocycles. The first-order valence-corrected chi connectivity index (χ1v) is 11.0. The van der Waals surface area contributed by atoms with E-state index < -0.39 is 33.9 Å². The molecule has 2 unspecified atom stereocenters. The third-order valence-electron chi connectivity index (χ3n) is 5.19. The molecule has 2 heterocycles. The van der Waals surface area contributed by atoms with Crippen molar-refractivity contribution in [3.63, 3.8) is 0 Å². The molecule has 28 heavy (non-hydrogen) atoms. The number of primary amides is 1. The number of sulfonamides is 1. The fourth-order valence-electron chi connectivity index (χ4n) is 4.03. The third kappa shape index (κ3) is 3.91. The molecule has 1 aromatic rings. The Bertz CT molecular complexity index is 901. The smallest absolute Gasteiger partial charge is 0.244 e. The van der Waals surface area contributed by atoms with Gasteiger partial charge in [0.05, 0.1) is 11.4 Å². The zero-order valence-electron chi connectivity index (χ0n) is 15.1. The summed E-state index contributed by atoms with van der Waals surface area (Å²) in [7, 11) is -4.06. The van der Waals surface area contributed by atoms with Gasteiger partial charge in [-0.25, -0.2) is 8.42 Å². The zero-order chi connectivity index (χ0) is 20.6. The van der Waals surface area contributed by atoms with Crippen LogP contribution in [0.4, 0.5) is 0 Å². The van der Waals surface area contributed by atoms with Crippen LogP contribution in [0.1, 0.15) is 19.3 Å². The van der Waals surface area contributed by atoms with Crippen LogP contribution in [0.15, 0.2) is 35.7 Å². The Labute approximate surface area is 174 Å². The van der Waals surface area contributed by atoms with E-state index in [0.29, 0.717) is 19.3 Å². The number of piperidine rings is 1. The molecule has 3 rings (SSSR count). The summed E-state index contributed by atoms with van der Waals surface area (Å²) in [5.74, 6) is -1.41. The highest BCUT2D eigenvalue weighted by Crippen LogP contribution is 2.38. The molecule has 0 radical (unpaired) electrons. The first kappa shape index (κ1) is 21.1. The summed E-state index contributed by atoms with van der Waals surface area (Å²) >= 11 is 12.0. The van der Waals surface area contributed by atoms with Gasteiger partial charge in [-0.1, -0.05) is 29.3 Å². The van der Waals surface area contributed by atoms with E-state index in [1.165, 1.54) is 27.4 Å². The van der Waals surface area contributed by atoms with Crippen LogP contribution in [-0.4, -0.2) is 54.6 Å². The molecular formula is C18H21Cl2N3O4S. The fourth-order valence-corrected chi connectivity index (χ4v) is 6.62. The lowest BCUT2D eigenvalue weighted by Gasteiger charge is -2.40. The van der Waals surface area contributed by atoms with E-state index in [-0.39, 0.29) is 33.9 Å². The first-order valence-electron chi connectivity index (χ1n) is 8.84. The summed E-state index contributed by atoms with van der Waals surface area (Å²) in [6, 6.07) is 2.71. The van der Waals surface area contributed by atoms with Gasteiger partial charge in [0.25, 0.3) is 0 Å². The number of rotatable bonds is 5. The van der Waals surface area contributed by atoms with E-state index in [2.05, 4.69) is 6.58 Å². The van der Waals surface area contributed by atoms with Gasteiger partial charge in [0.15, 0.2) is 0 Å². The van der Waals surface area contributed by atoms with Crippen molar-refractivity contribution in [2.24, 2.45) is 11.7 Å². The lowest BCUT2D eigenvalue weighted by molar-refractivity contribution is -0.138. The van der Waals surface area contributed by atoms with Crippen molar-refractivity contribution in [2.75, 3.05) is 13.1 Å². The van der Waals surface area contributed by atoms with Crippen LogP contribution >= 0.6 is 23.2 Å². The lowest BCUT2D eigenvalue weighted by atomic mass is 9.90. The molecule has 10 heteroatoms. The van der Waals surface area contributed by atoms with E-state index in [9.17, 15) is 18.0 Å². The summed E-state index contributed by atoms with van der Waals surface area (Å²) in [6.45, 7) is 3.74. The van der Waals surface area contributed by atoms with Crippen molar-refractivity contribution in [3.8, 4) is 0 Å². The van der Waals surface area contributed by atoms with Crippen molar-refractivity contribution < 1.29 is 18.0 Å². The monoisotopic (exact) mass is 445 g/mol. The second-order valence-corrected chi connectivity index (χ2v) is 9.75. The van der Waals surface area contributed by atoms with Crippen LogP contribution in [-0.2, 0) is 19.6 Å². The second kappa shape index (κ2) is 8.02. The predicted molar refractivity (Wildman–Crippen MR) is 106 cm³/mol. The predicted octanol–water partition coefficient (Wildman–Crippen LogP) is 2.03. The molecule has 2 aliphatic heterocycles. The maximum atomic E-state index is 13.5. The molecule has 0 aromatic heterocycles. The summed E-state index contributed by atoms with van der Waals surface area (Å²) in [5.41, 5.74) is 5.29. The highest BCUT2D eigenvalue weighted by atomic mass is 35.5. The molecule has 2 N–H and O–H groups in total. The minimum Gasteiger partial charge on any atom is -0.368 e. The molecule has 7 nitrogen and oxygen atoms in total. The standard InChI is InChI=1S/C18H21Cl2N3O4S/c1-2-11-9-22(10-17(21)24)18(25)16-5-3-4-15(11)23(16)28(26,27)14-7-12(19)6-13(20)8-14/h2,6-8,11,15-16H,1,3-5,9-10H2,(H2,21,24)/t11-,15?,16?/m0/s1. The minimum atomic E-state index is -4.06. The Kier molecular flexibility index (Phi) is 6.05. The molecule has 2 aliphatic rings. The number of hydrogen-bond donors (Lipinski definition) is 1. The van der Waals surface area contributed by atoms with Crippen LogP contribution in [0.25, 0.3) is 0 Å². The number of carbonyl (C=O) groups excluding carboxylic acids is 2. The zero-order valence-corrected chi connectivity index (χ0v) is 17.4. The Morgan fingerprint density at radius 1 is 1.25 bits per heavy atom. The van der Waals surface area contributed by atoms with Gasteiger partial charge in [0, 0.05) is 28.5 Å². The molecule has 2 bridgehead atoms. The Morgan fingerprint density at radius 3 is 2.46 bits per heavy atom. The maximum Gasteiger partial charge on any atom is 0.244 e. The van der Waals surface area contributed by atoms with E-state index in [4.69, 9.17) is 28.9 Å². The molecule has 2 amide bonds. The Hall–Kier alpha value is -1.61. The van der Waals surface area contributed by atoms with Crippen LogP contribution in [0, 0.1) is 5.92 Å². The molecule has 0 spiro atoms. The van der Waals surface area contributed by atoms with E-state index in [0.717, 1.165) is 0 Å². The van der Waals surface area contributed by atoms with Gasteiger partial charge in [0.2, 0.25) is 21.8 Å². The summed E-state index contributed by atoms with van der Waals surface area (Å²) in [6.07, 6.45) is 3.27. The van der Waals surface area contributed by atoms with Crippen LogP contribution in [0.3, 0.4) is 0 Å². The van der Waals surface area contributed by atoms with Gasteiger partial charge in [-0.05, 0) is 37.5 Å². The average molecular weight is 446 g/mol. The third-order valence-corrected chi connectivity index (χ3v) is 7.54. The van der Waals surface area contributed by atoms with Gasteiger partial charge in [0.1, 0.15) is 6.04 Å². The number of benzene rings is 1. The van der Waals surface area contributed by atoms with Gasteiger partial charge in [-0.2, -0.15) is 4.31 Å². The molecule has 0 saturated carbocycles. The highest BCUT2D eigenvalue weighted by Gasteiger charge is 2.49. The summed E-state index contributed by atoms with van der Waals surface area (Å²) in [4.78, 5) is 25.8. The SMILES string of the molecule is C=C[C@H]1CN(CC(N)=O)C(=O)C2CCCC1N2S(=O)(=O)c1cc(Cl)cc(Cl)c1. The van der Waals surface area contributed by atoms with Crippen molar-refractivity contribution in [3.05, 3.63) is 40.9 Å². The van der Waals surface area contributed by atoms with Crippen molar-refractivity contribution in [2.45, 2.75) is 36.2 Å². The van der Waals surface area contributed by atoms with E-state index >= 15 is 0 Å². The summed E-state index contributed by atoms with van der Waals surface area (Å²) in [5, 5.41) is 0.376. The number of carbonyl (C=O) groups is 2. The number of amides is 2. The minimum absolute atomic E-state index is 0.0686. The molecule has 2 fully saturated rings. The normalized spacial score (nSPS) is 26.0. The molecule has 1 aromatic carbocycles.